The summed E-state index contributed by atoms with van der Waals surface area (Å²) < 4.78 is 0. The zero-order valence-electron chi connectivity index (χ0n) is 39.0. The molecule has 0 saturated carbocycles. The minimum atomic E-state index is 0.160. The van der Waals surface area contributed by atoms with E-state index in [1.54, 1.807) is 0 Å². The summed E-state index contributed by atoms with van der Waals surface area (Å²) in [6, 6.07) is 71.0. The standard InChI is InChI=1S/C42H33BN2.7C2H6/c1-6-16-34(17-7-1)43(35-18-8-2-9-19-35)36-26-28-40(29-27-36)45(39-24-14-5-15-25-39)42-32-30-41(31-33-42)44(37-20-10-3-11-21-37)38-22-12-4-13-23-38;7*1-2/h1-33H;7*1-2H3. The van der Waals surface area contributed by atoms with E-state index < -0.39 is 0 Å². The van der Waals surface area contributed by atoms with Crippen molar-refractivity contribution in [2.75, 3.05) is 9.80 Å². The van der Waals surface area contributed by atoms with Gasteiger partial charge in [0.2, 0.25) is 6.71 Å². The molecule has 0 unspecified atom stereocenters. The molecule has 0 fully saturated rings. The van der Waals surface area contributed by atoms with Crippen LogP contribution < -0.4 is 26.2 Å². The van der Waals surface area contributed by atoms with Gasteiger partial charge in [-0.25, -0.2) is 0 Å². The van der Waals surface area contributed by atoms with Gasteiger partial charge in [-0.2, -0.15) is 0 Å². The Morgan fingerprint density at radius 2 is 0.373 bits per heavy atom. The Bertz CT molecular complexity index is 1710. The second-order valence-electron chi connectivity index (χ2n) is 11.0. The molecule has 0 spiro atoms. The lowest BCUT2D eigenvalue weighted by molar-refractivity contribution is 1.26. The fraction of sp³-hybridized carbons (Fsp3) is 0.250. The van der Waals surface area contributed by atoms with E-state index >= 15 is 0 Å². The number of hydrogen-bond donors (Lipinski definition) is 0. The SMILES string of the molecule is CC.CC.CC.CC.CC.CC.CC.c1ccc(B(c2ccccc2)c2ccc(N(c3ccccc3)c3ccc(N(c4ccccc4)c4ccccc4)cc3)cc2)cc1. The Kier molecular flexibility index (Phi) is 30.9. The summed E-state index contributed by atoms with van der Waals surface area (Å²) in [5.41, 5.74) is 10.5. The van der Waals surface area contributed by atoms with Crippen LogP contribution >= 0.6 is 0 Å². The Morgan fingerprint density at radius 1 is 0.203 bits per heavy atom. The molecule has 0 atom stereocenters. The second-order valence-corrected chi connectivity index (χ2v) is 11.0. The average molecular weight is 787 g/mol. The van der Waals surface area contributed by atoms with Gasteiger partial charge in [-0.1, -0.05) is 241 Å². The van der Waals surface area contributed by atoms with Crippen molar-refractivity contribution in [3.05, 3.63) is 200 Å². The van der Waals surface area contributed by atoms with Gasteiger partial charge in [-0.05, 0) is 72.8 Å². The predicted octanol–water partition coefficient (Wildman–Crippen LogP) is 16.3. The van der Waals surface area contributed by atoms with Gasteiger partial charge in [-0.3, -0.25) is 0 Å². The summed E-state index contributed by atoms with van der Waals surface area (Å²) in [4.78, 5) is 4.61. The summed E-state index contributed by atoms with van der Waals surface area (Å²) >= 11 is 0. The van der Waals surface area contributed by atoms with Crippen LogP contribution in [0.5, 0.6) is 0 Å². The molecular weight excluding hydrogens is 711 g/mol. The highest BCUT2D eigenvalue weighted by Crippen LogP contribution is 2.38. The largest absolute Gasteiger partial charge is 0.311 e. The van der Waals surface area contributed by atoms with Crippen LogP contribution in [-0.2, 0) is 0 Å². The first kappa shape index (κ1) is 53.2. The van der Waals surface area contributed by atoms with Crippen molar-refractivity contribution >= 4 is 57.2 Å². The van der Waals surface area contributed by atoms with Gasteiger partial charge in [0.05, 0.1) is 0 Å². The lowest BCUT2D eigenvalue weighted by Gasteiger charge is -2.28. The molecule has 0 amide bonds. The first-order chi connectivity index (χ1) is 29.3. The molecule has 0 aliphatic carbocycles. The third-order valence-corrected chi connectivity index (χ3v) is 8.16. The van der Waals surface area contributed by atoms with Crippen LogP contribution in [0.4, 0.5) is 34.1 Å². The molecule has 0 heterocycles. The monoisotopic (exact) mass is 787 g/mol. The van der Waals surface area contributed by atoms with Crippen molar-refractivity contribution < 1.29 is 0 Å². The summed E-state index contributed by atoms with van der Waals surface area (Å²) in [7, 11) is 0. The Hall–Kier alpha value is -5.80. The first-order valence-electron chi connectivity index (χ1n) is 22.4. The molecule has 0 radical (unpaired) electrons. The summed E-state index contributed by atoms with van der Waals surface area (Å²) in [6.45, 7) is 28.2. The molecule has 59 heavy (non-hydrogen) atoms. The maximum atomic E-state index is 2.32. The quantitative estimate of drug-likeness (QED) is 0.135. The zero-order valence-corrected chi connectivity index (χ0v) is 39.0. The second kappa shape index (κ2) is 34.3. The highest BCUT2D eigenvalue weighted by molar-refractivity contribution is 6.95. The maximum absolute atomic E-state index is 2.32. The van der Waals surface area contributed by atoms with Crippen LogP contribution in [0, 0.1) is 0 Å². The van der Waals surface area contributed by atoms with Crippen molar-refractivity contribution in [3.8, 4) is 0 Å². The van der Waals surface area contributed by atoms with Gasteiger partial charge in [-0.15, -0.1) is 0 Å². The van der Waals surface area contributed by atoms with Crippen molar-refractivity contribution in [1.82, 2.24) is 0 Å². The summed E-state index contributed by atoms with van der Waals surface area (Å²) in [5, 5.41) is 0. The zero-order chi connectivity index (χ0) is 44.3. The molecule has 0 aliphatic heterocycles. The van der Waals surface area contributed by atoms with E-state index in [0.29, 0.717) is 0 Å². The Labute approximate surface area is 362 Å². The van der Waals surface area contributed by atoms with Crippen molar-refractivity contribution in [2.45, 2.75) is 96.9 Å². The number of nitrogens with zero attached hydrogens (tertiary/aromatic N) is 2. The van der Waals surface area contributed by atoms with Gasteiger partial charge in [0.1, 0.15) is 0 Å². The minimum Gasteiger partial charge on any atom is -0.311 e. The first-order valence-corrected chi connectivity index (χ1v) is 22.4. The number of benzene rings is 7. The van der Waals surface area contributed by atoms with Crippen molar-refractivity contribution in [2.24, 2.45) is 0 Å². The Balaban J connectivity index is 0.00000218. The fourth-order valence-corrected chi connectivity index (χ4v) is 6.06. The molecule has 2 nitrogen and oxygen atoms in total. The molecular formula is C56H75BN2. The lowest BCUT2D eigenvalue weighted by atomic mass is 9.37. The molecule has 3 heteroatoms. The van der Waals surface area contributed by atoms with Crippen LogP contribution in [0.2, 0.25) is 0 Å². The molecule has 0 aromatic heterocycles. The Morgan fingerprint density at radius 3 is 0.610 bits per heavy atom. The van der Waals surface area contributed by atoms with Gasteiger partial charge in [0.25, 0.3) is 0 Å². The van der Waals surface area contributed by atoms with Gasteiger partial charge >= 0.3 is 0 Å². The normalized spacial score (nSPS) is 8.85. The van der Waals surface area contributed by atoms with E-state index in [1.165, 1.54) is 16.4 Å². The third kappa shape index (κ3) is 16.2. The predicted molar refractivity (Wildman–Crippen MR) is 273 cm³/mol. The van der Waals surface area contributed by atoms with Crippen molar-refractivity contribution in [3.63, 3.8) is 0 Å². The van der Waals surface area contributed by atoms with Gasteiger partial charge < -0.3 is 9.80 Å². The number of anilines is 6. The van der Waals surface area contributed by atoms with Gasteiger partial charge in [0.15, 0.2) is 0 Å². The smallest absolute Gasteiger partial charge is 0.241 e. The van der Waals surface area contributed by atoms with E-state index in [4.69, 9.17) is 0 Å². The highest BCUT2D eigenvalue weighted by atomic mass is 15.2. The highest BCUT2D eigenvalue weighted by Gasteiger charge is 2.22. The molecule has 7 aromatic carbocycles. The van der Waals surface area contributed by atoms with Crippen LogP contribution in [0.1, 0.15) is 96.9 Å². The number of para-hydroxylation sites is 3. The summed E-state index contributed by atoms with van der Waals surface area (Å²) in [5.74, 6) is 0. The van der Waals surface area contributed by atoms with E-state index in [2.05, 4.69) is 210 Å². The topological polar surface area (TPSA) is 6.48 Å². The van der Waals surface area contributed by atoms with E-state index in [1.807, 2.05) is 96.9 Å². The average Bonchev–Trinajstić information content (AvgIpc) is 3.36. The van der Waals surface area contributed by atoms with E-state index in [-0.39, 0.29) is 6.71 Å². The third-order valence-electron chi connectivity index (χ3n) is 8.16. The maximum Gasteiger partial charge on any atom is 0.241 e. The molecule has 312 valence electrons. The fourth-order valence-electron chi connectivity index (χ4n) is 6.06. The van der Waals surface area contributed by atoms with Gasteiger partial charge in [0, 0.05) is 34.1 Å². The van der Waals surface area contributed by atoms with E-state index in [9.17, 15) is 0 Å². The molecule has 7 aromatic rings. The number of hydrogen-bond acceptors (Lipinski definition) is 2. The van der Waals surface area contributed by atoms with Crippen LogP contribution in [-0.4, -0.2) is 6.71 Å². The molecule has 0 bridgehead atoms. The van der Waals surface area contributed by atoms with E-state index in [0.717, 1.165) is 34.1 Å². The minimum absolute atomic E-state index is 0.160. The summed E-state index contributed by atoms with van der Waals surface area (Å²) in [6.07, 6.45) is 0. The lowest BCUT2D eigenvalue weighted by Crippen LogP contribution is -2.51. The van der Waals surface area contributed by atoms with Crippen LogP contribution in [0.3, 0.4) is 0 Å². The van der Waals surface area contributed by atoms with Crippen molar-refractivity contribution in [1.29, 1.82) is 0 Å². The molecule has 0 aliphatic rings. The van der Waals surface area contributed by atoms with Crippen LogP contribution in [0.25, 0.3) is 0 Å². The molecule has 7 rings (SSSR count). The molecule has 0 N–H and O–H groups in total. The number of rotatable bonds is 9. The molecule has 0 saturated heterocycles. The van der Waals surface area contributed by atoms with Crippen LogP contribution in [0.15, 0.2) is 200 Å².